The Morgan fingerprint density at radius 2 is 2.11 bits per heavy atom. The van der Waals surface area contributed by atoms with E-state index in [2.05, 4.69) is 4.98 Å². The van der Waals surface area contributed by atoms with Gasteiger partial charge in [0.25, 0.3) is 0 Å². The summed E-state index contributed by atoms with van der Waals surface area (Å²) in [4.78, 5) is 16.3. The molecule has 2 aromatic rings. The van der Waals surface area contributed by atoms with Gasteiger partial charge in [0.15, 0.2) is 5.78 Å². The Morgan fingerprint density at radius 3 is 2.78 bits per heavy atom. The molecule has 0 N–H and O–H groups in total. The highest BCUT2D eigenvalue weighted by Crippen LogP contribution is 2.16. The number of aromatic nitrogens is 1. The van der Waals surface area contributed by atoms with Crippen LogP contribution in [0.15, 0.2) is 36.7 Å². The first-order valence-electron chi connectivity index (χ1n) is 5.87. The lowest BCUT2D eigenvalue weighted by Crippen LogP contribution is -2.06. The minimum atomic E-state index is -0.354. The van der Waals surface area contributed by atoms with Crippen LogP contribution < -0.4 is 0 Å². The highest BCUT2D eigenvalue weighted by atomic mass is 19.1. The second-order valence-corrected chi connectivity index (χ2v) is 4.18. The molecule has 0 aliphatic rings. The molecule has 1 aromatic carbocycles. The molecular weight excluding hydrogens is 229 g/mol. The van der Waals surface area contributed by atoms with E-state index in [0.29, 0.717) is 16.7 Å². The number of benzene rings is 1. The average Bonchev–Trinajstić information content (AvgIpc) is 2.41. The molecule has 92 valence electrons. The van der Waals surface area contributed by atoms with Gasteiger partial charge in [-0.05, 0) is 36.6 Å². The fourth-order valence-electron chi connectivity index (χ4n) is 1.82. The first-order chi connectivity index (χ1) is 8.63. The van der Waals surface area contributed by atoms with E-state index in [-0.39, 0.29) is 11.6 Å². The lowest BCUT2D eigenvalue weighted by Gasteiger charge is -2.07. The number of nitrogens with zero attached hydrogens (tertiary/aromatic N) is 1. The molecular formula is C15H14FNO. The van der Waals surface area contributed by atoms with Gasteiger partial charge in [0.1, 0.15) is 5.82 Å². The van der Waals surface area contributed by atoms with Gasteiger partial charge in [-0.1, -0.05) is 19.1 Å². The van der Waals surface area contributed by atoms with Crippen molar-refractivity contribution in [3.63, 3.8) is 0 Å². The van der Waals surface area contributed by atoms with Crippen LogP contribution in [-0.2, 0) is 6.42 Å². The second-order valence-electron chi connectivity index (χ2n) is 4.18. The largest absolute Gasteiger partial charge is 0.289 e. The topological polar surface area (TPSA) is 30.0 Å². The molecule has 2 rings (SSSR count). The molecule has 2 nitrogen and oxygen atoms in total. The molecule has 0 bridgehead atoms. The maximum atomic E-state index is 13.5. The lowest BCUT2D eigenvalue weighted by molar-refractivity contribution is 0.103. The zero-order valence-electron chi connectivity index (χ0n) is 10.4. The summed E-state index contributed by atoms with van der Waals surface area (Å²) in [5.41, 5.74) is 2.38. The van der Waals surface area contributed by atoms with Crippen molar-refractivity contribution >= 4 is 5.78 Å². The minimum absolute atomic E-state index is 0.159. The van der Waals surface area contributed by atoms with E-state index in [1.807, 2.05) is 6.92 Å². The molecule has 3 heteroatoms. The number of halogens is 1. The highest BCUT2D eigenvalue weighted by Gasteiger charge is 2.13. The van der Waals surface area contributed by atoms with Gasteiger partial charge in [-0.15, -0.1) is 0 Å². The van der Waals surface area contributed by atoms with Crippen LogP contribution in [0.5, 0.6) is 0 Å². The van der Waals surface area contributed by atoms with E-state index in [1.54, 1.807) is 37.5 Å². The van der Waals surface area contributed by atoms with Gasteiger partial charge in [0.05, 0.1) is 0 Å². The van der Waals surface area contributed by atoms with Crippen molar-refractivity contribution in [1.29, 1.82) is 0 Å². The number of carbonyl (C=O) groups excluding carboxylic acids is 1. The normalized spacial score (nSPS) is 10.4. The Balaban J connectivity index is 2.44. The average molecular weight is 243 g/mol. The Hall–Kier alpha value is -2.03. The fraction of sp³-hybridized carbons (Fsp3) is 0.200. The molecule has 1 aromatic heterocycles. The maximum Gasteiger partial charge on any atom is 0.193 e. The third kappa shape index (κ3) is 2.30. The van der Waals surface area contributed by atoms with Crippen molar-refractivity contribution in [2.24, 2.45) is 0 Å². The molecule has 0 radical (unpaired) electrons. The summed E-state index contributed by atoms with van der Waals surface area (Å²) in [7, 11) is 0. The van der Waals surface area contributed by atoms with E-state index in [4.69, 9.17) is 0 Å². The van der Waals surface area contributed by atoms with Gasteiger partial charge in [-0.3, -0.25) is 9.78 Å². The van der Waals surface area contributed by atoms with E-state index in [9.17, 15) is 9.18 Å². The third-order valence-electron chi connectivity index (χ3n) is 2.96. The van der Waals surface area contributed by atoms with Crippen molar-refractivity contribution in [3.05, 3.63) is 64.7 Å². The van der Waals surface area contributed by atoms with Crippen LogP contribution in [0.1, 0.15) is 34.0 Å². The van der Waals surface area contributed by atoms with Crippen LogP contribution in [0.4, 0.5) is 4.39 Å². The van der Waals surface area contributed by atoms with E-state index < -0.39 is 0 Å². The number of aryl methyl sites for hydroxylation is 2. The summed E-state index contributed by atoms with van der Waals surface area (Å²) >= 11 is 0. The van der Waals surface area contributed by atoms with Gasteiger partial charge in [-0.25, -0.2) is 4.39 Å². The van der Waals surface area contributed by atoms with Crippen molar-refractivity contribution in [2.45, 2.75) is 20.3 Å². The Labute approximate surface area is 105 Å². The number of rotatable bonds is 3. The molecule has 0 aliphatic carbocycles. The number of ketones is 1. The standard InChI is InChI=1S/C15H14FNO/c1-3-11-9-17-7-6-13(11)15(18)12-5-4-10(2)14(16)8-12/h4-9H,3H2,1-2H3. The Morgan fingerprint density at radius 1 is 1.33 bits per heavy atom. The molecule has 0 unspecified atom stereocenters. The molecule has 0 atom stereocenters. The predicted octanol–water partition coefficient (Wildman–Crippen LogP) is 3.32. The Kier molecular flexibility index (Phi) is 3.51. The van der Waals surface area contributed by atoms with Crippen LogP contribution in [0.3, 0.4) is 0 Å². The second kappa shape index (κ2) is 5.08. The van der Waals surface area contributed by atoms with Crippen molar-refractivity contribution in [1.82, 2.24) is 4.98 Å². The molecule has 0 spiro atoms. The van der Waals surface area contributed by atoms with E-state index in [1.165, 1.54) is 6.07 Å². The van der Waals surface area contributed by atoms with Crippen LogP contribution in [0.25, 0.3) is 0 Å². The lowest BCUT2D eigenvalue weighted by atomic mass is 9.98. The molecule has 0 aliphatic heterocycles. The van der Waals surface area contributed by atoms with Crippen LogP contribution in [-0.4, -0.2) is 10.8 Å². The monoisotopic (exact) mass is 243 g/mol. The number of hydrogen-bond donors (Lipinski definition) is 0. The molecule has 1 heterocycles. The van der Waals surface area contributed by atoms with Crippen molar-refractivity contribution < 1.29 is 9.18 Å². The van der Waals surface area contributed by atoms with Crippen LogP contribution in [0, 0.1) is 12.7 Å². The van der Waals surface area contributed by atoms with Gasteiger partial charge in [0.2, 0.25) is 0 Å². The summed E-state index contributed by atoms with van der Waals surface area (Å²) < 4.78 is 13.5. The summed E-state index contributed by atoms with van der Waals surface area (Å²) in [6.07, 6.45) is 3.98. The Bertz CT molecular complexity index is 593. The number of hydrogen-bond acceptors (Lipinski definition) is 2. The smallest absolute Gasteiger partial charge is 0.193 e. The van der Waals surface area contributed by atoms with E-state index in [0.717, 1.165) is 12.0 Å². The summed E-state index contributed by atoms with van der Waals surface area (Å²) in [5, 5.41) is 0. The quantitative estimate of drug-likeness (QED) is 0.774. The number of carbonyl (C=O) groups is 1. The van der Waals surface area contributed by atoms with Crippen molar-refractivity contribution in [2.75, 3.05) is 0 Å². The number of pyridine rings is 1. The highest BCUT2D eigenvalue weighted by molar-refractivity contribution is 6.09. The van der Waals surface area contributed by atoms with Gasteiger partial charge < -0.3 is 0 Å². The third-order valence-corrected chi connectivity index (χ3v) is 2.96. The molecule has 18 heavy (non-hydrogen) atoms. The molecule has 0 saturated heterocycles. The van der Waals surface area contributed by atoms with Crippen molar-refractivity contribution in [3.8, 4) is 0 Å². The predicted molar refractivity (Wildman–Crippen MR) is 68.2 cm³/mol. The van der Waals surface area contributed by atoms with Gasteiger partial charge >= 0.3 is 0 Å². The zero-order chi connectivity index (χ0) is 13.1. The van der Waals surface area contributed by atoms with Crippen LogP contribution >= 0.6 is 0 Å². The summed E-state index contributed by atoms with van der Waals surface area (Å²) in [5.74, 6) is -0.513. The van der Waals surface area contributed by atoms with Gasteiger partial charge in [0, 0.05) is 23.5 Å². The van der Waals surface area contributed by atoms with Crippen LogP contribution in [0.2, 0.25) is 0 Å². The van der Waals surface area contributed by atoms with E-state index >= 15 is 0 Å². The minimum Gasteiger partial charge on any atom is -0.289 e. The molecule has 0 amide bonds. The zero-order valence-corrected chi connectivity index (χ0v) is 10.4. The molecule has 0 fully saturated rings. The van der Waals surface area contributed by atoms with Gasteiger partial charge in [-0.2, -0.15) is 0 Å². The SMILES string of the molecule is CCc1cnccc1C(=O)c1ccc(C)c(F)c1. The summed E-state index contributed by atoms with van der Waals surface area (Å²) in [6, 6.07) is 6.24. The first kappa shape index (κ1) is 12.4. The first-order valence-corrected chi connectivity index (χ1v) is 5.87. The maximum absolute atomic E-state index is 13.5. The summed E-state index contributed by atoms with van der Waals surface area (Å²) in [6.45, 7) is 3.64. The fourth-order valence-corrected chi connectivity index (χ4v) is 1.82. The molecule has 0 saturated carbocycles.